The molecule has 0 fully saturated rings. The number of ether oxygens (including phenoxy) is 1. The van der Waals surface area contributed by atoms with Crippen LogP contribution in [0.3, 0.4) is 0 Å². The van der Waals surface area contributed by atoms with E-state index in [9.17, 15) is 24.0 Å². The summed E-state index contributed by atoms with van der Waals surface area (Å²) >= 11 is 0. The van der Waals surface area contributed by atoms with Crippen molar-refractivity contribution in [2.75, 3.05) is 13.1 Å². The number of carbonyl (C=O) groups is 5. The molecule has 1 aromatic rings. The molecule has 5 amide bonds. The Hall–Kier alpha value is -3.63. The van der Waals surface area contributed by atoms with Crippen molar-refractivity contribution in [2.24, 2.45) is 11.7 Å². The van der Waals surface area contributed by atoms with Gasteiger partial charge < -0.3 is 31.7 Å². The highest BCUT2D eigenvalue weighted by Crippen LogP contribution is 2.07. The Labute approximate surface area is 186 Å². The molecular formula is C21H31N5O6. The monoisotopic (exact) mass is 449 g/mol. The van der Waals surface area contributed by atoms with Crippen LogP contribution < -0.4 is 27.0 Å². The number of carbonyl (C=O) groups excluding carboxylic acids is 5. The number of hydrogen-bond acceptors (Lipinski definition) is 6. The van der Waals surface area contributed by atoms with Crippen molar-refractivity contribution in [3.63, 3.8) is 0 Å². The summed E-state index contributed by atoms with van der Waals surface area (Å²) in [6.07, 6.45) is -0.141. The summed E-state index contributed by atoms with van der Waals surface area (Å²) in [6.45, 7) is 4.35. The summed E-state index contributed by atoms with van der Waals surface area (Å²) in [6, 6.07) is 7.23. The fraction of sp³-hybridized carbons (Fsp3) is 0.476. The van der Waals surface area contributed by atoms with Crippen LogP contribution in [0.15, 0.2) is 30.3 Å². The lowest BCUT2D eigenvalue weighted by molar-refractivity contribution is -0.132. The molecule has 6 N–H and O–H groups in total. The minimum Gasteiger partial charge on any atom is -0.445 e. The van der Waals surface area contributed by atoms with Crippen LogP contribution in [0.4, 0.5) is 4.79 Å². The molecule has 3 unspecified atom stereocenters. The van der Waals surface area contributed by atoms with Gasteiger partial charge >= 0.3 is 6.09 Å². The molecule has 0 aliphatic heterocycles. The van der Waals surface area contributed by atoms with Crippen molar-refractivity contribution >= 4 is 29.7 Å². The average Bonchev–Trinajstić information content (AvgIpc) is 2.78. The highest BCUT2D eigenvalue weighted by molar-refractivity contribution is 5.93. The minimum atomic E-state index is -0.948. The maximum absolute atomic E-state index is 12.2. The molecular weight excluding hydrogens is 418 g/mol. The Bertz CT molecular complexity index is 801. The maximum Gasteiger partial charge on any atom is 0.407 e. The lowest BCUT2D eigenvalue weighted by Gasteiger charge is -2.23. The van der Waals surface area contributed by atoms with Crippen LogP contribution in [0, 0.1) is 5.92 Å². The molecule has 0 saturated carbocycles. The topological polar surface area (TPSA) is 169 Å². The summed E-state index contributed by atoms with van der Waals surface area (Å²) in [5.74, 6) is -2.62. The number of nitrogens with one attached hydrogen (secondary N) is 4. The molecule has 11 heteroatoms. The normalized spacial score (nSPS) is 13.1. The molecule has 0 aromatic heterocycles. The van der Waals surface area contributed by atoms with Crippen LogP contribution >= 0.6 is 0 Å². The Balaban J connectivity index is 2.30. The van der Waals surface area contributed by atoms with Crippen LogP contribution in [0.25, 0.3) is 0 Å². The molecule has 0 aliphatic rings. The first-order chi connectivity index (χ1) is 15.1. The third-order valence-electron chi connectivity index (χ3n) is 4.64. The molecule has 0 spiro atoms. The lowest BCUT2D eigenvalue weighted by Crippen LogP contribution is -2.55. The van der Waals surface area contributed by atoms with Gasteiger partial charge in [-0.3, -0.25) is 19.2 Å². The highest BCUT2D eigenvalue weighted by Gasteiger charge is 2.26. The summed E-state index contributed by atoms with van der Waals surface area (Å²) in [5, 5.41) is 9.51. The first-order valence-electron chi connectivity index (χ1n) is 10.2. The van der Waals surface area contributed by atoms with Gasteiger partial charge in [-0.2, -0.15) is 0 Å². The number of amides is 5. The fourth-order valence-electron chi connectivity index (χ4n) is 2.53. The summed E-state index contributed by atoms with van der Waals surface area (Å²) < 4.78 is 4.97. The molecule has 32 heavy (non-hydrogen) atoms. The molecule has 0 aliphatic carbocycles. The molecule has 0 saturated heterocycles. The summed E-state index contributed by atoms with van der Waals surface area (Å²) in [4.78, 5) is 59.1. The summed E-state index contributed by atoms with van der Waals surface area (Å²) in [7, 11) is 0. The number of nitrogens with two attached hydrogens (primary N) is 1. The van der Waals surface area contributed by atoms with Gasteiger partial charge in [0.25, 0.3) is 0 Å². The van der Waals surface area contributed by atoms with E-state index < -0.39 is 48.4 Å². The van der Waals surface area contributed by atoms with E-state index in [-0.39, 0.29) is 19.1 Å². The van der Waals surface area contributed by atoms with Crippen molar-refractivity contribution in [3.05, 3.63) is 35.9 Å². The molecule has 1 aromatic carbocycles. The van der Waals surface area contributed by atoms with Crippen molar-refractivity contribution in [1.82, 2.24) is 21.3 Å². The molecule has 3 atom stereocenters. The average molecular weight is 450 g/mol. The van der Waals surface area contributed by atoms with Crippen molar-refractivity contribution in [2.45, 2.75) is 45.9 Å². The first-order valence-corrected chi connectivity index (χ1v) is 10.2. The van der Waals surface area contributed by atoms with Crippen LogP contribution in [0.1, 0.15) is 32.8 Å². The molecule has 0 bridgehead atoms. The Morgan fingerprint density at radius 3 is 2.16 bits per heavy atom. The van der Waals surface area contributed by atoms with E-state index in [1.165, 1.54) is 6.92 Å². The number of primary amides is 1. The Morgan fingerprint density at radius 1 is 0.938 bits per heavy atom. The van der Waals surface area contributed by atoms with Gasteiger partial charge in [0.05, 0.1) is 6.54 Å². The van der Waals surface area contributed by atoms with Gasteiger partial charge in [0.2, 0.25) is 23.6 Å². The smallest absolute Gasteiger partial charge is 0.407 e. The Morgan fingerprint density at radius 2 is 1.56 bits per heavy atom. The van der Waals surface area contributed by atoms with E-state index in [0.717, 1.165) is 5.56 Å². The molecule has 1 rings (SSSR count). The zero-order valence-electron chi connectivity index (χ0n) is 18.5. The van der Waals surface area contributed by atoms with Crippen molar-refractivity contribution < 1.29 is 28.7 Å². The van der Waals surface area contributed by atoms with Gasteiger partial charge in [0, 0.05) is 0 Å². The van der Waals surface area contributed by atoms with Gasteiger partial charge in [0.15, 0.2) is 0 Å². The van der Waals surface area contributed by atoms with Gasteiger partial charge in [-0.05, 0) is 18.4 Å². The minimum absolute atomic E-state index is 0.0598. The van der Waals surface area contributed by atoms with E-state index in [1.807, 2.05) is 13.0 Å². The zero-order chi connectivity index (χ0) is 24.1. The molecule has 0 radical (unpaired) electrons. The number of alkyl carbamates (subject to hydrolysis) is 1. The van der Waals surface area contributed by atoms with Crippen LogP contribution in [0.5, 0.6) is 0 Å². The largest absolute Gasteiger partial charge is 0.445 e. The molecule has 176 valence electrons. The second-order valence-corrected chi connectivity index (χ2v) is 7.26. The second-order valence-electron chi connectivity index (χ2n) is 7.26. The second kappa shape index (κ2) is 13.6. The van der Waals surface area contributed by atoms with Crippen LogP contribution in [0.2, 0.25) is 0 Å². The fourth-order valence-corrected chi connectivity index (χ4v) is 2.53. The molecule has 11 nitrogen and oxygen atoms in total. The zero-order valence-corrected chi connectivity index (χ0v) is 18.5. The van der Waals surface area contributed by atoms with Crippen molar-refractivity contribution in [1.29, 1.82) is 0 Å². The predicted octanol–water partition coefficient (Wildman–Crippen LogP) is -0.450. The molecule has 0 heterocycles. The van der Waals surface area contributed by atoms with E-state index in [4.69, 9.17) is 10.5 Å². The number of hydrogen-bond donors (Lipinski definition) is 5. The van der Waals surface area contributed by atoms with E-state index in [1.54, 1.807) is 31.2 Å². The summed E-state index contributed by atoms with van der Waals surface area (Å²) in [5.41, 5.74) is 6.11. The van der Waals surface area contributed by atoms with Crippen molar-refractivity contribution in [3.8, 4) is 0 Å². The highest BCUT2D eigenvalue weighted by atomic mass is 16.5. The third-order valence-corrected chi connectivity index (χ3v) is 4.64. The number of rotatable bonds is 12. The quantitative estimate of drug-likeness (QED) is 0.289. The first kappa shape index (κ1) is 26.4. The van der Waals surface area contributed by atoms with Gasteiger partial charge in [0.1, 0.15) is 25.2 Å². The Kier molecular flexibility index (Phi) is 11.2. The van der Waals surface area contributed by atoms with E-state index in [2.05, 4.69) is 21.3 Å². The SMILES string of the molecule is CCC(C)C(NC(=O)C(C)NC(=O)CNC(=O)CNC(=O)OCc1ccccc1)C(N)=O. The maximum atomic E-state index is 12.2. The van der Waals surface area contributed by atoms with Gasteiger partial charge in [-0.1, -0.05) is 50.6 Å². The predicted molar refractivity (Wildman–Crippen MR) is 116 cm³/mol. The third kappa shape index (κ3) is 9.92. The van der Waals surface area contributed by atoms with E-state index in [0.29, 0.717) is 6.42 Å². The standard InChI is InChI=1S/C21H31N5O6/c1-4-13(2)18(19(22)29)26-20(30)14(3)25-17(28)11-23-16(27)10-24-21(31)32-12-15-8-6-5-7-9-15/h5-9,13-14,18H,4,10-12H2,1-3H3,(H2,22,29)(H,23,27)(H,24,31)(H,25,28)(H,26,30). The van der Waals surface area contributed by atoms with Gasteiger partial charge in [-0.15, -0.1) is 0 Å². The number of benzene rings is 1. The van der Waals surface area contributed by atoms with Gasteiger partial charge in [-0.25, -0.2) is 4.79 Å². The van der Waals surface area contributed by atoms with Crippen LogP contribution in [-0.4, -0.2) is 54.9 Å². The lowest BCUT2D eigenvalue weighted by atomic mass is 9.98. The van der Waals surface area contributed by atoms with E-state index >= 15 is 0 Å². The van der Waals surface area contributed by atoms with Crippen LogP contribution in [-0.2, 0) is 30.5 Å².